The molecule has 0 spiro atoms. The molecule has 0 aromatic heterocycles. The number of carbonyl (C=O) groups excluding carboxylic acids is 1. The maximum atomic E-state index is 12.3. The van der Waals surface area contributed by atoms with E-state index < -0.39 is 28.5 Å². The third-order valence-electron chi connectivity index (χ3n) is 4.86. The lowest BCUT2D eigenvalue weighted by Gasteiger charge is -2.29. The molecule has 0 saturated carbocycles. The molecule has 0 aromatic carbocycles. The summed E-state index contributed by atoms with van der Waals surface area (Å²) in [5.41, 5.74) is 6.05. The van der Waals surface area contributed by atoms with E-state index in [2.05, 4.69) is 14.6 Å². The number of rotatable bonds is 7. The number of aliphatic imine (C=N–C) groups is 1. The predicted molar refractivity (Wildman–Crippen MR) is 91.7 cm³/mol. The molecule has 2 amide bonds. The van der Waals surface area contributed by atoms with Gasteiger partial charge < -0.3 is 20.7 Å². The standard InChI is InChI=1S/C14H25N5O6S/c15-13(17-7-8-24-11-3-5-16-6-4-11)12-2-1-10-9-18(12)14(20)19(10)25-26(21,22)23/h10-12,16H,1-9H2,(H2,15,17)(H,21,22,23)/t10-,12+/m1/s1. The van der Waals surface area contributed by atoms with Gasteiger partial charge in [0.15, 0.2) is 0 Å². The Balaban J connectivity index is 1.52. The van der Waals surface area contributed by atoms with Crippen LogP contribution in [0.2, 0.25) is 0 Å². The van der Waals surface area contributed by atoms with Gasteiger partial charge in [-0.1, -0.05) is 0 Å². The van der Waals surface area contributed by atoms with Crippen LogP contribution in [-0.4, -0.2) is 85.8 Å². The van der Waals surface area contributed by atoms with Crippen LogP contribution in [-0.2, 0) is 19.4 Å². The van der Waals surface area contributed by atoms with Crippen LogP contribution in [0.3, 0.4) is 0 Å². The van der Waals surface area contributed by atoms with Crippen molar-refractivity contribution in [1.82, 2.24) is 15.3 Å². The Kier molecular flexibility index (Phi) is 5.97. The third kappa shape index (κ3) is 4.62. The molecule has 0 unspecified atom stereocenters. The van der Waals surface area contributed by atoms with Crippen molar-refractivity contribution in [2.24, 2.45) is 10.7 Å². The van der Waals surface area contributed by atoms with Crippen LogP contribution in [0, 0.1) is 0 Å². The monoisotopic (exact) mass is 391 g/mol. The quantitative estimate of drug-likeness (QED) is 0.219. The number of nitrogens with one attached hydrogen (secondary N) is 1. The highest BCUT2D eigenvalue weighted by molar-refractivity contribution is 7.80. The van der Waals surface area contributed by atoms with Gasteiger partial charge >= 0.3 is 16.4 Å². The minimum atomic E-state index is -4.75. The topological polar surface area (TPSA) is 147 Å². The molecule has 26 heavy (non-hydrogen) atoms. The third-order valence-corrected chi connectivity index (χ3v) is 5.21. The zero-order chi connectivity index (χ0) is 18.7. The number of carbonyl (C=O) groups is 1. The van der Waals surface area contributed by atoms with Gasteiger partial charge in [-0.3, -0.25) is 9.55 Å². The molecule has 11 nitrogen and oxygen atoms in total. The average Bonchev–Trinajstić information content (AvgIpc) is 2.83. The Hall–Kier alpha value is -1.47. The lowest BCUT2D eigenvalue weighted by molar-refractivity contribution is -0.0316. The van der Waals surface area contributed by atoms with Gasteiger partial charge in [0.2, 0.25) is 0 Å². The number of hydroxylamine groups is 2. The Labute approximate surface area is 152 Å². The second-order valence-corrected chi connectivity index (χ2v) is 7.64. The van der Waals surface area contributed by atoms with Crippen LogP contribution >= 0.6 is 0 Å². The summed E-state index contributed by atoms with van der Waals surface area (Å²) in [6.45, 7) is 3.06. The van der Waals surface area contributed by atoms with E-state index in [9.17, 15) is 13.2 Å². The molecule has 3 aliphatic heterocycles. The molecule has 12 heteroatoms. The SMILES string of the molecule is NC(=NCCOC1CCNCC1)[C@@H]1CC[C@@H]2CN1C(=O)N2OS(=O)(=O)O. The second kappa shape index (κ2) is 8.05. The minimum Gasteiger partial charge on any atom is -0.386 e. The number of amides is 2. The highest BCUT2D eigenvalue weighted by Crippen LogP contribution is 2.30. The van der Waals surface area contributed by atoms with Gasteiger partial charge in [0.25, 0.3) is 0 Å². The number of fused-ring (bicyclic) bond motifs is 2. The van der Waals surface area contributed by atoms with Crippen molar-refractivity contribution in [2.75, 3.05) is 32.8 Å². The van der Waals surface area contributed by atoms with Crippen LogP contribution in [0.4, 0.5) is 4.79 Å². The molecule has 2 atom stereocenters. The minimum absolute atomic E-state index is 0.245. The van der Waals surface area contributed by atoms with Gasteiger partial charge in [-0.25, -0.2) is 4.79 Å². The lowest BCUT2D eigenvalue weighted by Crippen LogP contribution is -2.48. The van der Waals surface area contributed by atoms with Gasteiger partial charge in [0, 0.05) is 6.54 Å². The Morgan fingerprint density at radius 2 is 2.04 bits per heavy atom. The van der Waals surface area contributed by atoms with Crippen LogP contribution in [0.15, 0.2) is 4.99 Å². The van der Waals surface area contributed by atoms with Gasteiger partial charge in [0.1, 0.15) is 5.84 Å². The van der Waals surface area contributed by atoms with Crippen LogP contribution in [0.25, 0.3) is 0 Å². The fourth-order valence-corrected chi connectivity index (χ4v) is 3.99. The summed E-state index contributed by atoms with van der Waals surface area (Å²) in [4.78, 5) is 18.1. The van der Waals surface area contributed by atoms with E-state index in [0.717, 1.165) is 25.9 Å². The zero-order valence-corrected chi connectivity index (χ0v) is 15.2. The largest absolute Gasteiger partial charge is 0.418 e. The van der Waals surface area contributed by atoms with Crippen molar-refractivity contribution < 1.29 is 26.8 Å². The molecule has 2 bridgehead atoms. The molecule has 3 fully saturated rings. The fraction of sp³-hybridized carbons (Fsp3) is 0.857. The summed E-state index contributed by atoms with van der Waals surface area (Å²) >= 11 is 0. The Morgan fingerprint density at radius 3 is 2.73 bits per heavy atom. The van der Waals surface area contributed by atoms with Gasteiger partial charge in [-0.2, -0.15) is 13.5 Å². The zero-order valence-electron chi connectivity index (χ0n) is 14.4. The summed E-state index contributed by atoms with van der Waals surface area (Å²) in [6.07, 6.45) is 3.26. The highest BCUT2D eigenvalue weighted by Gasteiger charge is 2.48. The maximum absolute atomic E-state index is 12.3. The number of piperidine rings is 2. The van der Waals surface area contributed by atoms with Gasteiger partial charge in [-0.15, -0.1) is 4.28 Å². The number of nitrogens with zero attached hydrogens (tertiary/aromatic N) is 3. The first-order valence-corrected chi connectivity index (χ1v) is 10.1. The molecule has 0 radical (unpaired) electrons. The normalized spacial score (nSPS) is 28.0. The number of hydrogen-bond donors (Lipinski definition) is 3. The van der Waals surface area contributed by atoms with Crippen molar-refractivity contribution in [3.05, 3.63) is 0 Å². The number of nitrogens with two attached hydrogens (primary N) is 1. The van der Waals surface area contributed by atoms with Gasteiger partial charge in [0.05, 0.1) is 31.3 Å². The number of hydrogen-bond acceptors (Lipinski definition) is 7. The molecule has 148 valence electrons. The molecule has 0 aliphatic carbocycles. The molecule has 3 heterocycles. The van der Waals surface area contributed by atoms with Crippen molar-refractivity contribution in [2.45, 2.75) is 43.9 Å². The van der Waals surface area contributed by atoms with E-state index in [1.165, 1.54) is 4.90 Å². The second-order valence-electron chi connectivity index (χ2n) is 6.64. The van der Waals surface area contributed by atoms with E-state index in [4.69, 9.17) is 15.0 Å². The Bertz CT molecular complexity index is 650. The van der Waals surface area contributed by atoms with Crippen molar-refractivity contribution in [3.63, 3.8) is 0 Å². The van der Waals surface area contributed by atoms with E-state index in [0.29, 0.717) is 36.9 Å². The summed E-state index contributed by atoms with van der Waals surface area (Å²) in [6, 6.07) is -1.48. The smallest absolute Gasteiger partial charge is 0.386 e. The molecular formula is C14H25N5O6S. The van der Waals surface area contributed by atoms with E-state index in [-0.39, 0.29) is 12.6 Å². The molecular weight excluding hydrogens is 366 g/mol. The number of ether oxygens (including phenoxy) is 1. The van der Waals surface area contributed by atoms with Crippen LogP contribution in [0.5, 0.6) is 0 Å². The van der Waals surface area contributed by atoms with Gasteiger partial charge in [-0.05, 0) is 38.8 Å². The molecule has 3 saturated heterocycles. The van der Waals surface area contributed by atoms with Crippen molar-refractivity contribution >= 4 is 22.3 Å². The van der Waals surface area contributed by atoms with Crippen molar-refractivity contribution in [1.29, 1.82) is 0 Å². The average molecular weight is 391 g/mol. The van der Waals surface area contributed by atoms with Crippen LogP contribution in [0.1, 0.15) is 25.7 Å². The summed E-state index contributed by atoms with van der Waals surface area (Å²) < 4.78 is 40.8. The lowest BCUT2D eigenvalue weighted by atomic mass is 10.0. The van der Waals surface area contributed by atoms with E-state index in [1.807, 2.05) is 0 Å². The summed E-state index contributed by atoms with van der Waals surface area (Å²) in [5, 5.41) is 3.97. The molecule has 3 rings (SSSR count). The summed E-state index contributed by atoms with van der Waals surface area (Å²) in [7, 11) is -4.75. The number of amidine groups is 1. The first kappa shape index (κ1) is 19.3. The van der Waals surface area contributed by atoms with Crippen molar-refractivity contribution in [3.8, 4) is 0 Å². The molecule has 0 aromatic rings. The predicted octanol–water partition coefficient (Wildman–Crippen LogP) is -0.885. The first-order chi connectivity index (χ1) is 12.3. The van der Waals surface area contributed by atoms with Crippen LogP contribution < -0.4 is 11.1 Å². The summed E-state index contributed by atoms with van der Waals surface area (Å²) in [5.74, 6) is 0.319. The maximum Gasteiger partial charge on any atom is 0.418 e. The number of urea groups is 1. The Morgan fingerprint density at radius 1 is 1.31 bits per heavy atom. The molecule has 3 aliphatic rings. The van der Waals surface area contributed by atoms with E-state index >= 15 is 0 Å². The highest BCUT2D eigenvalue weighted by atomic mass is 32.3. The fourth-order valence-electron chi connectivity index (χ4n) is 3.60. The molecule has 4 N–H and O–H groups in total. The van der Waals surface area contributed by atoms with E-state index in [1.54, 1.807) is 0 Å². The first-order valence-electron chi connectivity index (χ1n) is 8.74.